The van der Waals surface area contributed by atoms with E-state index in [2.05, 4.69) is 56.4 Å². The summed E-state index contributed by atoms with van der Waals surface area (Å²) in [5.41, 5.74) is 4.46. The van der Waals surface area contributed by atoms with Gasteiger partial charge in [0.2, 0.25) is 0 Å². The molecule has 0 radical (unpaired) electrons. The fourth-order valence-corrected chi connectivity index (χ4v) is 3.71. The van der Waals surface area contributed by atoms with Crippen LogP contribution >= 0.6 is 0 Å². The van der Waals surface area contributed by atoms with Crippen molar-refractivity contribution >= 4 is 6.09 Å². The summed E-state index contributed by atoms with van der Waals surface area (Å²) in [6.07, 6.45) is 2.08. The number of hydrogen-bond acceptors (Lipinski definition) is 2. The van der Waals surface area contributed by atoms with E-state index in [1.54, 1.807) is 0 Å². The predicted octanol–water partition coefficient (Wildman–Crippen LogP) is 5.42. The van der Waals surface area contributed by atoms with E-state index in [4.69, 9.17) is 9.84 Å². The van der Waals surface area contributed by atoms with E-state index < -0.39 is 6.09 Å². The van der Waals surface area contributed by atoms with Crippen LogP contribution in [-0.2, 0) is 6.42 Å². The van der Waals surface area contributed by atoms with Gasteiger partial charge in [-0.2, -0.15) is 0 Å². The smallest absolute Gasteiger partial charge is 0.405 e. The highest BCUT2D eigenvalue weighted by Crippen LogP contribution is 2.46. The Labute approximate surface area is 155 Å². The summed E-state index contributed by atoms with van der Waals surface area (Å²) in [6, 6.07) is 14.3. The van der Waals surface area contributed by atoms with E-state index in [1.165, 1.54) is 5.56 Å². The summed E-state index contributed by atoms with van der Waals surface area (Å²) < 4.78 is 5.73. The first kappa shape index (κ1) is 18.3. The number of benzene rings is 2. The molecule has 1 aliphatic carbocycles. The molecule has 0 heterocycles. The molecule has 1 aliphatic rings. The molecule has 0 bridgehead atoms. The molecule has 1 amide bonds. The molecular formula is C22H27NO3. The standard InChI is InChI=1S/C22H27NO3/c1-4-5-12-26-18-9-6-15(7-10-18)16-8-11-19-17(13-16)14-22(2,3)20(19)23-21(24)25/h6-11,13,20,23H,4-5,12,14H2,1-3H3,(H,24,25). The number of nitrogens with one attached hydrogen (secondary N) is 1. The zero-order valence-corrected chi connectivity index (χ0v) is 15.7. The highest BCUT2D eigenvalue weighted by Gasteiger charge is 2.39. The molecule has 0 aliphatic heterocycles. The Morgan fingerprint density at radius 2 is 1.88 bits per heavy atom. The molecule has 3 rings (SSSR count). The first-order valence-corrected chi connectivity index (χ1v) is 9.26. The van der Waals surface area contributed by atoms with E-state index in [-0.39, 0.29) is 11.5 Å². The number of carboxylic acid groups (broad SMARTS) is 1. The van der Waals surface area contributed by atoms with Crippen LogP contribution in [0.25, 0.3) is 11.1 Å². The predicted molar refractivity (Wildman–Crippen MR) is 104 cm³/mol. The van der Waals surface area contributed by atoms with Gasteiger partial charge in [0.15, 0.2) is 0 Å². The zero-order valence-electron chi connectivity index (χ0n) is 15.7. The van der Waals surface area contributed by atoms with E-state index in [1.807, 2.05) is 12.1 Å². The molecule has 1 atom stereocenters. The maximum absolute atomic E-state index is 11.1. The Balaban J connectivity index is 1.80. The third-order valence-electron chi connectivity index (χ3n) is 5.10. The quantitative estimate of drug-likeness (QED) is 0.681. The molecule has 1 unspecified atom stereocenters. The van der Waals surface area contributed by atoms with Gasteiger partial charge in [-0.1, -0.05) is 57.5 Å². The Bertz CT molecular complexity index is 780. The first-order chi connectivity index (χ1) is 12.4. The summed E-state index contributed by atoms with van der Waals surface area (Å²) in [5.74, 6) is 0.898. The van der Waals surface area contributed by atoms with E-state index in [0.717, 1.165) is 48.3 Å². The summed E-state index contributed by atoms with van der Waals surface area (Å²) in [6.45, 7) is 7.12. The number of ether oxygens (including phenoxy) is 1. The number of amides is 1. The van der Waals surface area contributed by atoms with Gasteiger partial charge in [-0.3, -0.25) is 0 Å². The molecule has 0 saturated heterocycles. The van der Waals surface area contributed by atoms with Crippen LogP contribution in [0.1, 0.15) is 50.8 Å². The molecule has 26 heavy (non-hydrogen) atoms. The lowest BCUT2D eigenvalue weighted by atomic mass is 9.85. The molecule has 0 fully saturated rings. The fraction of sp³-hybridized carbons (Fsp3) is 0.409. The lowest BCUT2D eigenvalue weighted by Crippen LogP contribution is -2.34. The van der Waals surface area contributed by atoms with Crippen LogP contribution in [0.2, 0.25) is 0 Å². The average Bonchev–Trinajstić information content (AvgIpc) is 2.84. The van der Waals surface area contributed by atoms with Gasteiger partial charge >= 0.3 is 6.09 Å². The fourth-order valence-electron chi connectivity index (χ4n) is 3.71. The molecule has 2 N–H and O–H groups in total. The maximum atomic E-state index is 11.1. The van der Waals surface area contributed by atoms with Crippen molar-refractivity contribution in [3.63, 3.8) is 0 Å². The van der Waals surface area contributed by atoms with Crippen LogP contribution in [0.15, 0.2) is 42.5 Å². The van der Waals surface area contributed by atoms with Crippen LogP contribution in [-0.4, -0.2) is 17.8 Å². The first-order valence-electron chi connectivity index (χ1n) is 9.26. The van der Waals surface area contributed by atoms with E-state index in [0.29, 0.717) is 0 Å². The molecule has 138 valence electrons. The highest BCUT2D eigenvalue weighted by molar-refractivity contribution is 5.68. The van der Waals surface area contributed by atoms with Gasteiger partial charge in [0.05, 0.1) is 12.6 Å². The Morgan fingerprint density at radius 3 is 2.54 bits per heavy atom. The second-order valence-corrected chi connectivity index (χ2v) is 7.69. The number of carbonyl (C=O) groups is 1. The number of unbranched alkanes of at least 4 members (excludes halogenated alkanes) is 1. The highest BCUT2D eigenvalue weighted by atomic mass is 16.5. The van der Waals surface area contributed by atoms with Crippen molar-refractivity contribution in [1.29, 1.82) is 0 Å². The molecule has 0 saturated carbocycles. The van der Waals surface area contributed by atoms with Crippen LogP contribution in [0, 0.1) is 5.41 Å². The molecule has 2 aromatic carbocycles. The van der Waals surface area contributed by atoms with Crippen LogP contribution in [0.4, 0.5) is 4.79 Å². The molecule has 2 aromatic rings. The van der Waals surface area contributed by atoms with Crippen molar-refractivity contribution in [1.82, 2.24) is 5.32 Å². The third kappa shape index (κ3) is 3.85. The zero-order chi connectivity index (χ0) is 18.7. The van der Waals surface area contributed by atoms with Crippen molar-refractivity contribution in [3.8, 4) is 16.9 Å². The average molecular weight is 353 g/mol. The van der Waals surface area contributed by atoms with Crippen LogP contribution in [0.3, 0.4) is 0 Å². The normalized spacial score (nSPS) is 17.6. The summed E-state index contributed by atoms with van der Waals surface area (Å²) in [7, 11) is 0. The van der Waals surface area contributed by atoms with Gasteiger partial charge in [0.25, 0.3) is 0 Å². The van der Waals surface area contributed by atoms with Crippen molar-refractivity contribution in [2.75, 3.05) is 6.61 Å². The topological polar surface area (TPSA) is 58.6 Å². The minimum absolute atomic E-state index is 0.129. The number of hydrogen-bond donors (Lipinski definition) is 2. The molecule has 0 aromatic heterocycles. The van der Waals surface area contributed by atoms with Gasteiger partial charge in [0, 0.05) is 0 Å². The van der Waals surface area contributed by atoms with E-state index >= 15 is 0 Å². The van der Waals surface area contributed by atoms with Crippen molar-refractivity contribution in [2.45, 2.75) is 46.1 Å². The summed E-state index contributed by atoms with van der Waals surface area (Å²) >= 11 is 0. The number of fused-ring (bicyclic) bond motifs is 1. The van der Waals surface area contributed by atoms with Crippen molar-refractivity contribution < 1.29 is 14.6 Å². The van der Waals surface area contributed by atoms with Gasteiger partial charge < -0.3 is 15.2 Å². The SMILES string of the molecule is CCCCOc1ccc(-c2ccc3c(c2)CC(C)(C)C3NC(=O)O)cc1. The third-order valence-corrected chi connectivity index (χ3v) is 5.10. The molecule has 0 spiro atoms. The molecule has 4 heteroatoms. The number of rotatable bonds is 6. The van der Waals surface area contributed by atoms with Gasteiger partial charge in [0.1, 0.15) is 5.75 Å². The van der Waals surface area contributed by atoms with Crippen LogP contribution in [0.5, 0.6) is 5.75 Å². The summed E-state index contributed by atoms with van der Waals surface area (Å²) in [4.78, 5) is 11.1. The Morgan fingerprint density at radius 1 is 1.19 bits per heavy atom. The minimum atomic E-state index is -0.973. The van der Waals surface area contributed by atoms with Gasteiger partial charge in [-0.25, -0.2) is 4.79 Å². The molecule has 4 nitrogen and oxygen atoms in total. The van der Waals surface area contributed by atoms with E-state index in [9.17, 15) is 4.79 Å². The van der Waals surface area contributed by atoms with Crippen molar-refractivity contribution in [3.05, 3.63) is 53.6 Å². The minimum Gasteiger partial charge on any atom is -0.494 e. The van der Waals surface area contributed by atoms with Crippen LogP contribution < -0.4 is 10.1 Å². The Kier molecular flexibility index (Phi) is 5.21. The van der Waals surface area contributed by atoms with Crippen molar-refractivity contribution in [2.24, 2.45) is 5.41 Å². The second kappa shape index (κ2) is 7.40. The summed E-state index contributed by atoms with van der Waals surface area (Å²) in [5, 5.41) is 11.8. The lowest BCUT2D eigenvalue weighted by Gasteiger charge is -2.27. The largest absolute Gasteiger partial charge is 0.494 e. The molecular weight excluding hydrogens is 326 g/mol. The monoisotopic (exact) mass is 353 g/mol. The second-order valence-electron chi connectivity index (χ2n) is 7.69. The maximum Gasteiger partial charge on any atom is 0.405 e. The Hall–Kier alpha value is -2.49. The lowest BCUT2D eigenvalue weighted by molar-refractivity contribution is 0.175. The van der Waals surface area contributed by atoms with Gasteiger partial charge in [-0.05, 0) is 52.6 Å². The van der Waals surface area contributed by atoms with Gasteiger partial charge in [-0.15, -0.1) is 0 Å².